The summed E-state index contributed by atoms with van der Waals surface area (Å²) in [5.74, 6) is 0. The molecule has 0 amide bonds. The maximum Gasteiger partial charge on any atom is 0.263 e. The Hall–Kier alpha value is -0.980. The van der Waals surface area contributed by atoms with Crippen molar-refractivity contribution in [3.63, 3.8) is 0 Å². The topological polar surface area (TPSA) is 41.0 Å². The van der Waals surface area contributed by atoms with Crippen LogP contribution in [-0.2, 0) is 6.54 Å². The van der Waals surface area contributed by atoms with E-state index >= 15 is 0 Å². The minimum Gasteiger partial charge on any atom is -0.323 e. The van der Waals surface area contributed by atoms with Crippen LogP contribution in [0.1, 0.15) is 19.8 Å². The van der Waals surface area contributed by atoms with Crippen molar-refractivity contribution in [2.24, 2.45) is 5.41 Å². The molecule has 0 unspecified atom stereocenters. The van der Waals surface area contributed by atoms with Crippen LogP contribution >= 0.6 is 23.6 Å². The van der Waals surface area contributed by atoms with E-state index in [1.165, 1.54) is 11.3 Å². The Morgan fingerprint density at radius 3 is 2.85 bits per heavy atom. The van der Waals surface area contributed by atoms with Crippen molar-refractivity contribution in [3.05, 3.63) is 26.6 Å². The monoisotopic (exact) mass is 309 g/mol. The highest BCUT2D eigenvalue weighted by Crippen LogP contribution is 2.32. The van der Waals surface area contributed by atoms with Gasteiger partial charge in [0.15, 0.2) is 4.77 Å². The summed E-state index contributed by atoms with van der Waals surface area (Å²) >= 11 is 6.91. The molecule has 4 nitrogen and oxygen atoms in total. The molecule has 1 aliphatic rings. The number of aromatic amines is 1. The molecule has 0 spiro atoms. The first-order valence-corrected chi connectivity index (χ1v) is 8.16. The lowest BCUT2D eigenvalue weighted by Crippen LogP contribution is -2.40. The van der Waals surface area contributed by atoms with Gasteiger partial charge in [-0.25, -0.2) is 0 Å². The summed E-state index contributed by atoms with van der Waals surface area (Å²) in [6.07, 6.45) is 2.21. The first-order chi connectivity index (χ1) is 9.48. The Kier molecular flexibility index (Phi) is 3.56. The third-order valence-electron chi connectivity index (χ3n) is 4.34. The number of nitrogens with zero attached hydrogens (tertiary/aromatic N) is 2. The Morgan fingerprint density at radius 1 is 1.45 bits per heavy atom. The Bertz CT molecular complexity index is 735. The molecule has 20 heavy (non-hydrogen) atoms. The zero-order valence-electron chi connectivity index (χ0n) is 11.8. The normalized spacial score (nSPS) is 19.5. The first-order valence-electron chi connectivity index (χ1n) is 6.87. The van der Waals surface area contributed by atoms with E-state index in [0.717, 1.165) is 36.1 Å². The summed E-state index contributed by atoms with van der Waals surface area (Å²) in [4.78, 5) is 19.0. The lowest BCUT2D eigenvalue weighted by molar-refractivity contribution is 0.119. The van der Waals surface area contributed by atoms with E-state index in [1.807, 2.05) is 11.4 Å². The predicted octanol–water partition coefficient (Wildman–Crippen LogP) is 2.85. The van der Waals surface area contributed by atoms with Crippen LogP contribution in [0.15, 0.2) is 16.2 Å². The summed E-state index contributed by atoms with van der Waals surface area (Å²) in [6.45, 7) is 5.14. The van der Waals surface area contributed by atoms with Gasteiger partial charge in [-0.1, -0.05) is 6.92 Å². The van der Waals surface area contributed by atoms with Crippen LogP contribution in [0.2, 0.25) is 0 Å². The van der Waals surface area contributed by atoms with Crippen LogP contribution in [0.3, 0.4) is 0 Å². The Morgan fingerprint density at radius 2 is 2.15 bits per heavy atom. The van der Waals surface area contributed by atoms with Crippen molar-refractivity contribution in [1.29, 1.82) is 0 Å². The minimum absolute atomic E-state index is 0.0464. The van der Waals surface area contributed by atoms with Crippen molar-refractivity contribution in [2.75, 3.05) is 20.1 Å². The van der Waals surface area contributed by atoms with Crippen LogP contribution in [0.25, 0.3) is 10.2 Å². The molecule has 0 aromatic carbocycles. The average Bonchev–Trinajstić information content (AvgIpc) is 2.87. The third kappa shape index (κ3) is 2.47. The van der Waals surface area contributed by atoms with Crippen molar-refractivity contribution in [2.45, 2.75) is 26.3 Å². The van der Waals surface area contributed by atoms with Gasteiger partial charge in [-0.2, -0.15) is 0 Å². The molecule has 0 atom stereocenters. The van der Waals surface area contributed by atoms with Crippen LogP contribution in [0.4, 0.5) is 0 Å². The van der Waals surface area contributed by atoms with Gasteiger partial charge in [0.2, 0.25) is 0 Å². The molecule has 3 rings (SSSR count). The van der Waals surface area contributed by atoms with Crippen molar-refractivity contribution < 1.29 is 0 Å². The number of likely N-dealkylation sites (tertiary alicyclic amines) is 1. The SMILES string of the molecule is CN1CCC(C)(Cn2c(=S)[nH]c3sccc3c2=O)CC1. The van der Waals surface area contributed by atoms with E-state index in [4.69, 9.17) is 12.2 Å². The molecule has 0 radical (unpaired) electrons. The lowest BCUT2D eigenvalue weighted by Gasteiger charge is -2.38. The first kappa shape index (κ1) is 14.0. The lowest BCUT2D eigenvalue weighted by atomic mass is 9.80. The van der Waals surface area contributed by atoms with Gasteiger partial charge in [0, 0.05) is 6.54 Å². The largest absolute Gasteiger partial charge is 0.323 e. The number of hydrogen-bond acceptors (Lipinski definition) is 4. The fourth-order valence-electron chi connectivity index (χ4n) is 2.82. The van der Waals surface area contributed by atoms with Crippen LogP contribution in [-0.4, -0.2) is 34.6 Å². The van der Waals surface area contributed by atoms with Crippen LogP contribution in [0.5, 0.6) is 0 Å². The quantitative estimate of drug-likeness (QED) is 0.867. The summed E-state index contributed by atoms with van der Waals surface area (Å²) in [6, 6.07) is 1.88. The number of rotatable bonds is 2. The van der Waals surface area contributed by atoms with Crippen molar-refractivity contribution in [3.8, 4) is 0 Å². The van der Waals surface area contributed by atoms with E-state index in [0.29, 0.717) is 11.3 Å². The smallest absolute Gasteiger partial charge is 0.263 e. The number of nitrogens with one attached hydrogen (secondary N) is 1. The fraction of sp³-hybridized carbons (Fsp3) is 0.571. The maximum atomic E-state index is 12.6. The second kappa shape index (κ2) is 5.09. The van der Waals surface area contributed by atoms with Gasteiger partial charge in [0.25, 0.3) is 5.56 Å². The molecule has 108 valence electrons. The van der Waals surface area contributed by atoms with Gasteiger partial charge >= 0.3 is 0 Å². The number of piperidine rings is 1. The minimum atomic E-state index is 0.0464. The molecule has 2 aromatic heterocycles. The number of hydrogen-bond donors (Lipinski definition) is 1. The molecule has 0 saturated carbocycles. The van der Waals surface area contributed by atoms with E-state index in [1.54, 1.807) is 4.57 Å². The molecular weight excluding hydrogens is 290 g/mol. The molecule has 1 saturated heterocycles. The van der Waals surface area contributed by atoms with E-state index < -0.39 is 0 Å². The molecule has 1 fully saturated rings. The summed E-state index contributed by atoms with van der Waals surface area (Å²) in [7, 11) is 2.15. The molecule has 1 N–H and O–H groups in total. The second-order valence-corrected chi connectivity index (χ2v) is 7.40. The predicted molar refractivity (Wildman–Crippen MR) is 86.1 cm³/mol. The molecular formula is C14H19N3OS2. The van der Waals surface area contributed by atoms with E-state index in [2.05, 4.69) is 23.9 Å². The zero-order valence-corrected chi connectivity index (χ0v) is 13.4. The van der Waals surface area contributed by atoms with Gasteiger partial charge < -0.3 is 9.88 Å². The summed E-state index contributed by atoms with van der Waals surface area (Å²) in [5, 5.41) is 2.68. The van der Waals surface area contributed by atoms with Gasteiger partial charge in [0.05, 0.1) is 5.39 Å². The highest BCUT2D eigenvalue weighted by atomic mass is 32.1. The van der Waals surface area contributed by atoms with E-state index in [-0.39, 0.29) is 11.0 Å². The van der Waals surface area contributed by atoms with Crippen LogP contribution in [0, 0.1) is 10.2 Å². The maximum absolute atomic E-state index is 12.6. The Labute approximate surface area is 127 Å². The Balaban J connectivity index is 1.98. The van der Waals surface area contributed by atoms with Gasteiger partial charge in [-0.15, -0.1) is 11.3 Å². The molecule has 1 aliphatic heterocycles. The summed E-state index contributed by atoms with van der Waals surface area (Å²) in [5.41, 5.74) is 0.201. The van der Waals surface area contributed by atoms with E-state index in [9.17, 15) is 4.79 Å². The second-order valence-electron chi connectivity index (χ2n) is 6.10. The average molecular weight is 309 g/mol. The fourth-order valence-corrected chi connectivity index (χ4v) is 3.91. The number of H-pyrrole nitrogens is 1. The number of aromatic nitrogens is 2. The van der Waals surface area contributed by atoms with Gasteiger partial charge in [-0.05, 0) is 62.1 Å². The summed E-state index contributed by atoms with van der Waals surface area (Å²) < 4.78 is 2.29. The molecule has 2 aromatic rings. The highest BCUT2D eigenvalue weighted by molar-refractivity contribution is 7.71. The van der Waals surface area contributed by atoms with Crippen LogP contribution < -0.4 is 5.56 Å². The highest BCUT2D eigenvalue weighted by Gasteiger charge is 2.30. The van der Waals surface area contributed by atoms with Crippen molar-refractivity contribution in [1.82, 2.24) is 14.5 Å². The molecule has 6 heteroatoms. The van der Waals surface area contributed by atoms with Gasteiger partial charge in [-0.3, -0.25) is 9.36 Å². The van der Waals surface area contributed by atoms with Gasteiger partial charge in [0.1, 0.15) is 4.83 Å². The van der Waals surface area contributed by atoms with Crippen molar-refractivity contribution >= 4 is 33.8 Å². The molecule has 0 aliphatic carbocycles. The standard InChI is InChI=1S/C14H19N3OS2/c1-14(4-6-16(2)7-5-14)9-17-12(18)10-3-8-20-11(10)15-13(17)19/h3,8H,4-7,9H2,1-2H3,(H,15,19). The molecule has 3 heterocycles. The number of thiophene rings is 1. The third-order valence-corrected chi connectivity index (χ3v) is 5.49. The number of fused-ring (bicyclic) bond motifs is 1. The zero-order chi connectivity index (χ0) is 14.3. The molecule has 0 bridgehead atoms.